The molecular formula is C14H20N2O3. The van der Waals surface area contributed by atoms with Gasteiger partial charge in [0.1, 0.15) is 0 Å². The topological polar surface area (TPSA) is 83.6 Å². The van der Waals surface area contributed by atoms with Crippen molar-refractivity contribution in [1.29, 1.82) is 0 Å². The van der Waals surface area contributed by atoms with E-state index in [4.69, 9.17) is 10.8 Å². The van der Waals surface area contributed by atoms with Crippen LogP contribution >= 0.6 is 0 Å². The van der Waals surface area contributed by atoms with Crippen molar-refractivity contribution in [2.24, 2.45) is 5.73 Å². The molecule has 5 heteroatoms. The highest BCUT2D eigenvalue weighted by Crippen LogP contribution is 2.11. The first-order valence-electron chi connectivity index (χ1n) is 6.12. The largest absolute Gasteiger partial charge is 0.480 e. The number of nitrogens with two attached hydrogens (primary N) is 1. The van der Waals surface area contributed by atoms with Gasteiger partial charge in [0.2, 0.25) is 0 Å². The molecule has 0 bridgehead atoms. The molecular weight excluding hydrogens is 244 g/mol. The molecule has 1 amide bonds. The predicted octanol–water partition coefficient (Wildman–Crippen LogP) is 0.716. The SMILES string of the molecule is Cc1ccc(CCN(C)C(=O)C(N)C(=O)O)c(C)c1. The molecule has 0 radical (unpaired) electrons. The summed E-state index contributed by atoms with van der Waals surface area (Å²) in [5.41, 5.74) is 8.80. The fourth-order valence-corrected chi connectivity index (χ4v) is 1.87. The molecule has 104 valence electrons. The Morgan fingerprint density at radius 2 is 2.00 bits per heavy atom. The molecule has 0 aromatic heterocycles. The van der Waals surface area contributed by atoms with E-state index >= 15 is 0 Å². The Bertz CT molecular complexity index is 486. The Hall–Kier alpha value is -1.88. The summed E-state index contributed by atoms with van der Waals surface area (Å²) in [7, 11) is 1.56. The van der Waals surface area contributed by atoms with Gasteiger partial charge in [0, 0.05) is 13.6 Å². The van der Waals surface area contributed by atoms with Crippen LogP contribution in [0.4, 0.5) is 0 Å². The van der Waals surface area contributed by atoms with E-state index in [1.165, 1.54) is 16.0 Å². The standard InChI is InChI=1S/C14H20N2O3/c1-9-4-5-11(10(2)8-9)6-7-16(3)13(17)12(15)14(18)19/h4-5,8,12H,6-7,15H2,1-3H3,(H,18,19). The van der Waals surface area contributed by atoms with Crippen molar-refractivity contribution in [1.82, 2.24) is 4.90 Å². The molecule has 5 nitrogen and oxygen atoms in total. The zero-order chi connectivity index (χ0) is 14.6. The minimum absolute atomic E-state index is 0.448. The first kappa shape index (κ1) is 15.2. The van der Waals surface area contributed by atoms with Crippen molar-refractivity contribution in [3.05, 3.63) is 34.9 Å². The predicted molar refractivity (Wildman–Crippen MR) is 72.9 cm³/mol. The minimum Gasteiger partial charge on any atom is -0.480 e. The maximum absolute atomic E-state index is 11.7. The quantitative estimate of drug-likeness (QED) is 0.767. The number of amides is 1. The smallest absolute Gasteiger partial charge is 0.330 e. The number of likely N-dealkylation sites (N-methyl/N-ethyl adjacent to an activating group) is 1. The summed E-state index contributed by atoms with van der Waals surface area (Å²) in [6, 6.07) is 4.65. The zero-order valence-electron chi connectivity index (χ0n) is 11.5. The molecule has 0 aliphatic carbocycles. The van der Waals surface area contributed by atoms with Crippen molar-refractivity contribution >= 4 is 11.9 Å². The van der Waals surface area contributed by atoms with E-state index in [9.17, 15) is 9.59 Å². The van der Waals surface area contributed by atoms with Crippen LogP contribution in [-0.4, -0.2) is 41.5 Å². The summed E-state index contributed by atoms with van der Waals surface area (Å²) in [6.45, 7) is 4.50. The highest BCUT2D eigenvalue weighted by atomic mass is 16.4. The normalized spacial score (nSPS) is 12.0. The van der Waals surface area contributed by atoms with Crippen LogP contribution in [0.15, 0.2) is 18.2 Å². The molecule has 19 heavy (non-hydrogen) atoms. The maximum atomic E-state index is 11.7. The van der Waals surface area contributed by atoms with Gasteiger partial charge in [0.05, 0.1) is 0 Å². The average molecular weight is 264 g/mol. The average Bonchev–Trinajstić information content (AvgIpc) is 2.35. The van der Waals surface area contributed by atoms with Crippen molar-refractivity contribution in [3.63, 3.8) is 0 Å². The lowest BCUT2D eigenvalue weighted by Gasteiger charge is -2.19. The lowest BCUT2D eigenvalue weighted by molar-refractivity contribution is -0.145. The number of benzene rings is 1. The van der Waals surface area contributed by atoms with Gasteiger partial charge in [-0.2, -0.15) is 0 Å². The third-order valence-corrected chi connectivity index (χ3v) is 3.12. The summed E-state index contributed by atoms with van der Waals surface area (Å²) in [5.74, 6) is -1.87. The highest BCUT2D eigenvalue weighted by molar-refractivity contribution is 6.00. The lowest BCUT2D eigenvalue weighted by atomic mass is 10.0. The number of aliphatic carboxylic acids is 1. The van der Waals surface area contributed by atoms with Crippen molar-refractivity contribution < 1.29 is 14.7 Å². The molecule has 0 fully saturated rings. The van der Waals surface area contributed by atoms with E-state index in [0.717, 1.165) is 5.56 Å². The van der Waals surface area contributed by atoms with Crippen molar-refractivity contribution in [2.45, 2.75) is 26.3 Å². The molecule has 0 spiro atoms. The van der Waals surface area contributed by atoms with Crippen LogP contribution in [0.1, 0.15) is 16.7 Å². The maximum Gasteiger partial charge on any atom is 0.330 e. The molecule has 1 unspecified atom stereocenters. The highest BCUT2D eigenvalue weighted by Gasteiger charge is 2.24. The lowest BCUT2D eigenvalue weighted by Crippen LogP contribution is -2.47. The van der Waals surface area contributed by atoms with Crippen LogP contribution in [-0.2, 0) is 16.0 Å². The number of hydrogen-bond acceptors (Lipinski definition) is 3. The van der Waals surface area contributed by atoms with Crippen LogP contribution < -0.4 is 5.73 Å². The van der Waals surface area contributed by atoms with Gasteiger partial charge >= 0.3 is 5.97 Å². The fraction of sp³-hybridized carbons (Fsp3) is 0.429. The zero-order valence-corrected chi connectivity index (χ0v) is 11.5. The monoisotopic (exact) mass is 264 g/mol. The minimum atomic E-state index is -1.48. The van der Waals surface area contributed by atoms with E-state index in [2.05, 4.69) is 6.07 Å². The van der Waals surface area contributed by atoms with Gasteiger partial charge in [0.15, 0.2) is 6.04 Å². The van der Waals surface area contributed by atoms with Crippen LogP contribution in [0.3, 0.4) is 0 Å². The van der Waals surface area contributed by atoms with Crippen molar-refractivity contribution in [2.75, 3.05) is 13.6 Å². The molecule has 1 aromatic carbocycles. The third-order valence-electron chi connectivity index (χ3n) is 3.12. The Morgan fingerprint density at radius 1 is 1.37 bits per heavy atom. The second-order valence-corrected chi connectivity index (χ2v) is 4.76. The summed E-state index contributed by atoms with van der Waals surface area (Å²) in [5, 5.41) is 8.69. The molecule has 0 aliphatic rings. The summed E-state index contributed by atoms with van der Waals surface area (Å²) in [6.07, 6.45) is 0.681. The summed E-state index contributed by atoms with van der Waals surface area (Å²) >= 11 is 0. The number of carboxylic acids is 1. The Balaban J connectivity index is 2.61. The number of nitrogens with zero attached hydrogens (tertiary/aromatic N) is 1. The molecule has 1 aromatic rings. The van der Waals surface area contributed by atoms with E-state index < -0.39 is 17.9 Å². The van der Waals surface area contributed by atoms with E-state index in [-0.39, 0.29) is 0 Å². The van der Waals surface area contributed by atoms with Gasteiger partial charge in [-0.1, -0.05) is 23.8 Å². The first-order chi connectivity index (χ1) is 8.82. The molecule has 0 heterocycles. The van der Waals surface area contributed by atoms with E-state index in [0.29, 0.717) is 13.0 Å². The van der Waals surface area contributed by atoms with Crippen LogP contribution in [0.25, 0.3) is 0 Å². The van der Waals surface area contributed by atoms with Gasteiger partial charge in [-0.3, -0.25) is 4.79 Å². The second-order valence-electron chi connectivity index (χ2n) is 4.76. The van der Waals surface area contributed by atoms with Crippen molar-refractivity contribution in [3.8, 4) is 0 Å². The molecule has 1 rings (SSSR count). The Labute approximate surface area is 113 Å². The number of carboxylic acid groups (broad SMARTS) is 1. The number of hydrogen-bond donors (Lipinski definition) is 2. The van der Waals surface area contributed by atoms with Gasteiger partial charge < -0.3 is 15.7 Å². The third kappa shape index (κ3) is 4.06. The summed E-state index contributed by atoms with van der Waals surface area (Å²) < 4.78 is 0. The van der Waals surface area contributed by atoms with Crippen LogP contribution in [0.2, 0.25) is 0 Å². The van der Waals surface area contributed by atoms with Crippen LogP contribution in [0.5, 0.6) is 0 Å². The van der Waals surface area contributed by atoms with Crippen LogP contribution in [0, 0.1) is 13.8 Å². The van der Waals surface area contributed by atoms with Gasteiger partial charge in [-0.15, -0.1) is 0 Å². The van der Waals surface area contributed by atoms with E-state index in [1.807, 2.05) is 26.0 Å². The van der Waals surface area contributed by atoms with Gasteiger partial charge in [0.25, 0.3) is 5.91 Å². The van der Waals surface area contributed by atoms with Gasteiger partial charge in [-0.05, 0) is 31.4 Å². The fourth-order valence-electron chi connectivity index (χ4n) is 1.87. The van der Waals surface area contributed by atoms with Gasteiger partial charge in [-0.25, -0.2) is 4.79 Å². The number of carbonyl (C=O) groups excluding carboxylic acids is 1. The summed E-state index contributed by atoms with van der Waals surface area (Å²) in [4.78, 5) is 23.7. The molecule has 3 N–H and O–H groups in total. The second kappa shape index (κ2) is 6.33. The first-order valence-corrected chi connectivity index (χ1v) is 6.12. The number of rotatable bonds is 5. The molecule has 0 saturated carbocycles. The molecule has 0 saturated heterocycles. The molecule has 0 aliphatic heterocycles. The Kier molecular flexibility index (Phi) is 5.06. The number of aryl methyl sites for hydroxylation is 2. The molecule has 1 atom stereocenters. The number of carbonyl (C=O) groups is 2. The van der Waals surface area contributed by atoms with E-state index in [1.54, 1.807) is 7.05 Å². The Morgan fingerprint density at radius 3 is 2.53 bits per heavy atom.